The minimum atomic E-state index is -4.38. The third-order valence-corrected chi connectivity index (χ3v) is 2.02. The maximum atomic E-state index is 11.8. The first-order valence-electron chi connectivity index (χ1n) is 5.33. The van der Waals surface area contributed by atoms with Gasteiger partial charge in [0.2, 0.25) is 5.91 Å². The standard InChI is InChI=1S/C11H14F3N3O/c1-8-3-2-4-9(17-8)5-15-6-10(18)16-7-11(12,13)14/h2-4,15H,5-7H2,1H3,(H,16,18). The third-order valence-electron chi connectivity index (χ3n) is 2.02. The molecule has 0 fully saturated rings. The number of hydrogen-bond donors (Lipinski definition) is 2. The van der Waals surface area contributed by atoms with Crippen LogP contribution < -0.4 is 10.6 Å². The first-order valence-corrected chi connectivity index (χ1v) is 5.33. The minimum Gasteiger partial charge on any atom is -0.346 e. The molecule has 7 heteroatoms. The van der Waals surface area contributed by atoms with Crippen molar-refractivity contribution in [3.8, 4) is 0 Å². The highest BCUT2D eigenvalue weighted by atomic mass is 19.4. The molecule has 0 aliphatic heterocycles. The molecule has 0 spiro atoms. The number of nitrogens with zero attached hydrogens (tertiary/aromatic N) is 1. The molecule has 0 bridgehead atoms. The highest BCUT2D eigenvalue weighted by Gasteiger charge is 2.27. The van der Waals surface area contributed by atoms with Crippen LogP contribution in [0.3, 0.4) is 0 Å². The molecular formula is C11H14F3N3O. The van der Waals surface area contributed by atoms with Gasteiger partial charge in [0.25, 0.3) is 0 Å². The smallest absolute Gasteiger partial charge is 0.346 e. The zero-order chi connectivity index (χ0) is 13.6. The number of alkyl halides is 3. The Bertz CT molecular complexity index is 407. The maximum Gasteiger partial charge on any atom is 0.405 e. The molecule has 0 aromatic carbocycles. The number of aromatic nitrogens is 1. The maximum absolute atomic E-state index is 11.8. The second kappa shape index (κ2) is 6.34. The van der Waals surface area contributed by atoms with Crippen LogP contribution in [0, 0.1) is 6.92 Å². The van der Waals surface area contributed by atoms with Crippen molar-refractivity contribution in [2.24, 2.45) is 0 Å². The number of pyridine rings is 1. The summed E-state index contributed by atoms with van der Waals surface area (Å²) in [5.74, 6) is -0.694. The number of hydrogen-bond acceptors (Lipinski definition) is 3. The zero-order valence-corrected chi connectivity index (χ0v) is 9.84. The number of carbonyl (C=O) groups is 1. The van der Waals surface area contributed by atoms with Gasteiger partial charge in [0.1, 0.15) is 6.54 Å². The lowest BCUT2D eigenvalue weighted by atomic mass is 10.3. The van der Waals surface area contributed by atoms with Gasteiger partial charge in [0.15, 0.2) is 0 Å². The Balaban J connectivity index is 2.23. The van der Waals surface area contributed by atoms with Gasteiger partial charge in [0.05, 0.1) is 12.2 Å². The summed E-state index contributed by atoms with van der Waals surface area (Å²) in [7, 11) is 0. The molecule has 100 valence electrons. The number of aryl methyl sites for hydroxylation is 1. The normalized spacial score (nSPS) is 11.3. The highest BCUT2D eigenvalue weighted by molar-refractivity contribution is 5.77. The average Bonchev–Trinajstić information content (AvgIpc) is 2.25. The van der Waals surface area contributed by atoms with Crippen LogP contribution in [0.15, 0.2) is 18.2 Å². The Morgan fingerprint density at radius 2 is 2.11 bits per heavy atom. The average molecular weight is 261 g/mol. The summed E-state index contributed by atoms with van der Waals surface area (Å²) >= 11 is 0. The molecule has 0 unspecified atom stereocenters. The molecule has 4 nitrogen and oxygen atoms in total. The predicted octanol–water partition coefficient (Wildman–Crippen LogP) is 1.16. The minimum absolute atomic E-state index is 0.175. The molecule has 1 heterocycles. The van der Waals surface area contributed by atoms with E-state index in [2.05, 4.69) is 10.3 Å². The summed E-state index contributed by atoms with van der Waals surface area (Å²) in [5.41, 5.74) is 1.58. The molecule has 0 aliphatic rings. The van der Waals surface area contributed by atoms with Crippen LogP contribution in [0.4, 0.5) is 13.2 Å². The van der Waals surface area contributed by atoms with E-state index in [1.165, 1.54) is 0 Å². The van der Waals surface area contributed by atoms with Gasteiger partial charge in [-0.1, -0.05) is 6.07 Å². The van der Waals surface area contributed by atoms with Crippen LogP contribution in [0.1, 0.15) is 11.4 Å². The lowest BCUT2D eigenvalue weighted by molar-refractivity contribution is -0.137. The lowest BCUT2D eigenvalue weighted by Gasteiger charge is -2.09. The van der Waals surface area contributed by atoms with E-state index in [0.29, 0.717) is 6.54 Å². The van der Waals surface area contributed by atoms with Crippen molar-refractivity contribution >= 4 is 5.91 Å². The van der Waals surface area contributed by atoms with Gasteiger partial charge in [0, 0.05) is 12.2 Å². The Morgan fingerprint density at radius 3 is 2.72 bits per heavy atom. The molecular weight excluding hydrogens is 247 g/mol. The zero-order valence-electron chi connectivity index (χ0n) is 9.84. The van der Waals surface area contributed by atoms with Crippen molar-refractivity contribution in [1.29, 1.82) is 0 Å². The summed E-state index contributed by atoms with van der Waals surface area (Å²) < 4.78 is 35.4. The molecule has 2 N–H and O–H groups in total. The number of nitrogens with one attached hydrogen (secondary N) is 2. The molecule has 1 aromatic rings. The van der Waals surface area contributed by atoms with E-state index in [1.54, 1.807) is 11.4 Å². The number of carbonyl (C=O) groups excluding carboxylic acids is 1. The van der Waals surface area contributed by atoms with Gasteiger partial charge in [-0.25, -0.2) is 0 Å². The first kappa shape index (κ1) is 14.4. The van der Waals surface area contributed by atoms with Crippen molar-refractivity contribution in [1.82, 2.24) is 15.6 Å². The molecule has 1 aromatic heterocycles. The Morgan fingerprint density at radius 1 is 1.39 bits per heavy atom. The molecule has 1 amide bonds. The van der Waals surface area contributed by atoms with E-state index >= 15 is 0 Å². The van der Waals surface area contributed by atoms with E-state index in [9.17, 15) is 18.0 Å². The van der Waals surface area contributed by atoms with E-state index in [-0.39, 0.29) is 6.54 Å². The van der Waals surface area contributed by atoms with E-state index in [1.807, 2.05) is 19.1 Å². The van der Waals surface area contributed by atoms with Crippen molar-refractivity contribution in [3.63, 3.8) is 0 Å². The van der Waals surface area contributed by atoms with Gasteiger partial charge in [-0.15, -0.1) is 0 Å². The largest absolute Gasteiger partial charge is 0.405 e. The quantitative estimate of drug-likeness (QED) is 0.836. The summed E-state index contributed by atoms with van der Waals surface area (Å²) in [5, 5.41) is 4.50. The first-order chi connectivity index (χ1) is 8.37. The number of amides is 1. The van der Waals surface area contributed by atoms with Gasteiger partial charge >= 0.3 is 6.18 Å². The van der Waals surface area contributed by atoms with Crippen LogP contribution in [-0.2, 0) is 11.3 Å². The van der Waals surface area contributed by atoms with Gasteiger partial charge in [-0.2, -0.15) is 13.2 Å². The fourth-order valence-corrected chi connectivity index (χ4v) is 1.26. The topological polar surface area (TPSA) is 54.0 Å². The van der Waals surface area contributed by atoms with E-state index in [4.69, 9.17) is 0 Å². The monoisotopic (exact) mass is 261 g/mol. The summed E-state index contributed by atoms with van der Waals surface area (Å²) in [6.07, 6.45) is -4.38. The lowest BCUT2D eigenvalue weighted by Crippen LogP contribution is -2.39. The SMILES string of the molecule is Cc1cccc(CNCC(=O)NCC(F)(F)F)n1. The van der Waals surface area contributed by atoms with Crippen LogP contribution in [0.25, 0.3) is 0 Å². The Kier molecular flexibility index (Phi) is 5.08. The fourth-order valence-electron chi connectivity index (χ4n) is 1.26. The number of rotatable bonds is 5. The van der Waals surface area contributed by atoms with Crippen LogP contribution in [0.2, 0.25) is 0 Å². The van der Waals surface area contributed by atoms with Gasteiger partial charge in [-0.05, 0) is 19.1 Å². The summed E-state index contributed by atoms with van der Waals surface area (Å²) in [6.45, 7) is 0.683. The van der Waals surface area contributed by atoms with Crippen molar-refractivity contribution in [2.75, 3.05) is 13.1 Å². The summed E-state index contributed by atoms with van der Waals surface area (Å²) in [6, 6.07) is 5.43. The van der Waals surface area contributed by atoms with Crippen LogP contribution in [0.5, 0.6) is 0 Å². The summed E-state index contributed by atoms with van der Waals surface area (Å²) in [4.78, 5) is 15.2. The van der Waals surface area contributed by atoms with E-state index < -0.39 is 18.6 Å². The van der Waals surface area contributed by atoms with Gasteiger partial charge in [-0.3, -0.25) is 9.78 Å². The van der Waals surface area contributed by atoms with Crippen molar-refractivity contribution in [3.05, 3.63) is 29.6 Å². The molecule has 1 rings (SSSR count). The van der Waals surface area contributed by atoms with E-state index in [0.717, 1.165) is 11.4 Å². The molecule has 0 saturated heterocycles. The number of halogens is 3. The second-order valence-electron chi connectivity index (χ2n) is 3.77. The molecule has 18 heavy (non-hydrogen) atoms. The fraction of sp³-hybridized carbons (Fsp3) is 0.455. The molecule has 0 aliphatic carbocycles. The van der Waals surface area contributed by atoms with Crippen LogP contribution in [-0.4, -0.2) is 30.2 Å². The Labute approximate surface area is 103 Å². The molecule has 0 radical (unpaired) electrons. The third kappa shape index (κ3) is 6.19. The second-order valence-corrected chi connectivity index (χ2v) is 3.77. The molecule has 0 saturated carbocycles. The van der Waals surface area contributed by atoms with Crippen LogP contribution >= 0.6 is 0 Å². The van der Waals surface area contributed by atoms with Crippen molar-refractivity contribution < 1.29 is 18.0 Å². The highest BCUT2D eigenvalue weighted by Crippen LogP contribution is 2.11. The van der Waals surface area contributed by atoms with Gasteiger partial charge < -0.3 is 10.6 Å². The predicted molar refractivity (Wildman–Crippen MR) is 59.7 cm³/mol. The molecule has 0 atom stereocenters. The van der Waals surface area contributed by atoms with Crippen molar-refractivity contribution in [2.45, 2.75) is 19.6 Å². The Hall–Kier alpha value is -1.63.